The molecule has 1 N–H and O–H groups in total. The zero-order valence-corrected chi connectivity index (χ0v) is 11.2. The lowest BCUT2D eigenvalue weighted by Crippen LogP contribution is -2.32. The number of alkyl halides is 1. The molecule has 0 saturated heterocycles. The van der Waals surface area contributed by atoms with Crippen molar-refractivity contribution in [2.75, 3.05) is 18.4 Å². The molecule has 0 bridgehead atoms. The van der Waals surface area contributed by atoms with E-state index < -0.39 is 5.82 Å². The SMILES string of the molecule is CCN(CCCBr)C(=O)c1ccc(O)cc1F. The normalized spacial score (nSPS) is 10.3. The summed E-state index contributed by atoms with van der Waals surface area (Å²) < 4.78 is 13.5. The van der Waals surface area contributed by atoms with Gasteiger partial charge < -0.3 is 10.0 Å². The molecule has 0 spiro atoms. The van der Waals surface area contributed by atoms with Crippen LogP contribution in [0.4, 0.5) is 4.39 Å². The van der Waals surface area contributed by atoms with E-state index in [9.17, 15) is 9.18 Å². The highest BCUT2D eigenvalue weighted by atomic mass is 79.9. The van der Waals surface area contributed by atoms with Gasteiger partial charge in [-0.15, -0.1) is 0 Å². The Labute approximate surface area is 108 Å². The first-order chi connectivity index (χ1) is 8.10. The number of hydrogen-bond donors (Lipinski definition) is 1. The van der Waals surface area contributed by atoms with E-state index in [0.29, 0.717) is 13.1 Å². The molecule has 0 aromatic heterocycles. The minimum absolute atomic E-state index is 0.000720. The van der Waals surface area contributed by atoms with Gasteiger partial charge in [0.2, 0.25) is 0 Å². The first-order valence-electron chi connectivity index (χ1n) is 5.44. The number of hydrogen-bond acceptors (Lipinski definition) is 2. The maximum atomic E-state index is 13.5. The van der Waals surface area contributed by atoms with E-state index in [1.165, 1.54) is 12.1 Å². The molecule has 1 aromatic carbocycles. The van der Waals surface area contributed by atoms with Gasteiger partial charge in [-0.3, -0.25) is 4.79 Å². The smallest absolute Gasteiger partial charge is 0.256 e. The van der Waals surface area contributed by atoms with Gasteiger partial charge in [0.15, 0.2) is 0 Å². The van der Waals surface area contributed by atoms with E-state index in [-0.39, 0.29) is 17.2 Å². The number of nitrogens with zero attached hydrogens (tertiary/aromatic N) is 1. The highest BCUT2D eigenvalue weighted by molar-refractivity contribution is 9.09. The Morgan fingerprint density at radius 2 is 2.24 bits per heavy atom. The van der Waals surface area contributed by atoms with Crippen LogP contribution in [0.1, 0.15) is 23.7 Å². The molecule has 0 unspecified atom stereocenters. The standard InChI is InChI=1S/C12H15BrFNO2/c1-2-15(7-3-6-13)12(17)10-5-4-9(16)8-11(10)14/h4-5,8,16H,2-3,6-7H2,1H3. The zero-order valence-electron chi connectivity index (χ0n) is 9.62. The highest BCUT2D eigenvalue weighted by Gasteiger charge is 2.17. The fourth-order valence-electron chi connectivity index (χ4n) is 1.50. The molecule has 1 rings (SSSR count). The lowest BCUT2D eigenvalue weighted by molar-refractivity contribution is 0.0760. The zero-order chi connectivity index (χ0) is 12.8. The van der Waals surface area contributed by atoms with Crippen molar-refractivity contribution in [2.24, 2.45) is 0 Å². The van der Waals surface area contributed by atoms with Gasteiger partial charge in [0.05, 0.1) is 5.56 Å². The van der Waals surface area contributed by atoms with Crippen LogP contribution in [-0.2, 0) is 0 Å². The van der Waals surface area contributed by atoms with Crippen molar-refractivity contribution < 1.29 is 14.3 Å². The van der Waals surface area contributed by atoms with Crippen LogP contribution in [0.5, 0.6) is 5.75 Å². The van der Waals surface area contributed by atoms with Crippen LogP contribution in [0.25, 0.3) is 0 Å². The molecular formula is C12H15BrFNO2. The van der Waals surface area contributed by atoms with E-state index >= 15 is 0 Å². The second-order valence-corrected chi connectivity index (χ2v) is 4.38. The summed E-state index contributed by atoms with van der Waals surface area (Å²) in [7, 11) is 0. The van der Waals surface area contributed by atoms with Crippen molar-refractivity contribution in [1.82, 2.24) is 4.90 Å². The fourth-order valence-corrected chi connectivity index (χ4v) is 1.75. The number of carbonyl (C=O) groups excluding carboxylic acids is 1. The van der Waals surface area contributed by atoms with Crippen LogP contribution in [0.15, 0.2) is 18.2 Å². The Morgan fingerprint density at radius 3 is 2.76 bits per heavy atom. The van der Waals surface area contributed by atoms with Gasteiger partial charge >= 0.3 is 0 Å². The van der Waals surface area contributed by atoms with Crippen LogP contribution in [0.3, 0.4) is 0 Å². The third kappa shape index (κ3) is 3.70. The average Bonchev–Trinajstić information content (AvgIpc) is 2.29. The highest BCUT2D eigenvalue weighted by Crippen LogP contribution is 2.17. The van der Waals surface area contributed by atoms with Crippen LogP contribution in [0, 0.1) is 5.82 Å². The number of phenols is 1. The Kier molecular flexibility index (Phi) is 5.41. The Morgan fingerprint density at radius 1 is 1.53 bits per heavy atom. The molecule has 0 saturated carbocycles. The van der Waals surface area contributed by atoms with Gasteiger partial charge in [-0.2, -0.15) is 0 Å². The van der Waals surface area contributed by atoms with Gasteiger partial charge in [0.25, 0.3) is 5.91 Å². The molecule has 0 radical (unpaired) electrons. The summed E-state index contributed by atoms with van der Waals surface area (Å²) in [6.07, 6.45) is 0.819. The van der Waals surface area contributed by atoms with Crippen LogP contribution >= 0.6 is 15.9 Å². The van der Waals surface area contributed by atoms with Crippen molar-refractivity contribution in [1.29, 1.82) is 0 Å². The number of benzene rings is 1. The third-order valence-corrected chi connectivity index (χ3v) is 2.97. The summed E-state index contributed by atoms with van der Waals surface area (Å²) in [5.41, 5.74) is -0.000720. The maximum absolute atomic E-state index is 13.5. The minimum Gasteiger partial charge on any atom is -0.508 e. The van der Waals surface area contributed by atoms with E-state index in [1.807, 2.05) is 6.92 Å². The molecule has 3 nitrogen and oxygen atoms in total. The summed E-state index contributed by atoms with van der Waals surface area (Å²) in [5, 5.41) is 9.89. The lowest BCUT2D eigenvalue weighted by Gasteiger charge is -2.20. The van der Waals surface area contributed by atoms with Crippen molar-refractivity contribution in [3.05, 3.63) is 29.6 Å². The van der Waals surface area contributed by atoms with E-state index in [4.69, 9.17) is 5.11 Å². The van der Waals surface area contributed by atoms with Crippen molar-refractivity contribution in [3.63, 3.8) is 0 Å². The molecule has 0 aliphatic carbocycles. The molecular weight excluding hydrogens is 289 g/mol. The number of halogens is 2. The van der Waals surface area contributed by atoms with E-state index in [0.717, 1.165) is 17.8 Å². The molecule has 17 heavy (non-hydrogen) atoms. The maximum Gasteiger partial charge on any atom is 0.256 e. The second-order valence-electron chi connectivity index (χ2n) is 3.59. The quantitative estimate of drug-likeness (QED) is 0.850. The number of amides is 1. The molecule has 1 aromatic rings. The molecule has 94 valence electrons. The van der Waals surface area contributed by atoms with Gasteiger partial charge in [0.1, 0.15) is 11.6 Å². The summed E-state index contributed by atoms with van der Waals surface area (Å²) in [6, 6.07) is 3.57. The first-order valence-corrected chi connectivity index (χ1v) is 6.56. The van der Waals surface area contributed by atoms with Crippen molar-refractivity contribution >= 4 is 21.8 Å². The minimum atomic E-state index is -0.688. The fraction of sp³-hybridized carbons (Fsp3) is 0.417. The molecule has 1 amide bonds. The predicted octanol–water partition coefficient (Wildman–Crippen LogP) is 2.78. The molecule has 0 fully saturated rings. The van der Waals surface area contributed by atoms with Gasteiger partial charge in [-0.1, -0.05) is 15.9 Å². The third-order valence-electron chi connectivity index (χ3n) is 2.41. The lowest BCUT2D eigenvalue weighted by atomic mass is 10.1. The molecule has 0 atom stereocenters. The predicted molar refractivity (Wildman–Crippen MR) is 68.1 cm³/mol. The topological polar surface area (TPSA) is 40.5 Å². The van der Waals surface area contributed by atoms with Crippen LogP contribution < -0.4 is 0 Å². The molecule has 0 aliphatic rings. The van der Waals surface area contributed by atoms with E-state index in [2.05, 4.69) is 15.9 Å². The van der Waals surface area contributed by atoms with Gasteiger partial charge in [-0.05, 0) is 25.5 Å². The summed E-state index contributed by atoms with van der Waals surface area (Å²) in [4.78, 5) is 13.6. The molecule has 5 heteroatoms. The van der Waals surface area contributed by atoms with Gasteiger partial charge in [0, 0.05) is 24.5 Å². The largest absolute Gasteiger partial charge is 0.508 e. The second kappa shape index (κ2) is 6.59. The Bertz CT molecular complexity index is 398. The number of rotatable bonds is 5. The van der Waals surface area contributed by atoms with Crippen molar-refractivity contribution in [2.45, 2.75) is 13.3 Å². The summed E-state index contributed by atoms with van der Waals surface area (Å²) in [6.45, 7) is 2.97. The number of aromatic hydroxyl groups is 1. The van der Waals surface area contributed by atoms with E-state index in [1.54, 1.807) is 4.90 Å². The molecule has 0 aliphatic heterocycles. The van der Waals surface area contributed by atoms with Crippen LogP contribution in [0.2, 0.25) is 0 Å². The summed E-state index contributed by atoms with van der Waals surface area (Å²) in [5.74, 6) is -1.21. The number of phenolic OH excluding ortho intramolecular Hbond substituents is 1. The monoisotopic (exact) mass is 303 g/mol. The molecule has 0 heterocycles. The first kappa shape index (κ1) is 14.0. The Hall–Kier alpha value is -1.10. The summed E-state index contributed by atoms with van der Waals surface area (Å²) >= 11 is 3.29. The van der Waals surface area contributed by atoms with Crippen LogP contribution in [-0.4, -0.2) is 34.3 Å². The van der Waals surface area contributed by atoms with Gasteiger partial charge in [-0.25, -0.2) is 4.39 Å². The average molecular weight is 304 g/mol. The number of carbonyl (C=O) groups is 1. The van der Waals surface area contributed by atoms with Crippen molar-refractivity contribution in [3.8, 4) is 5.75 Å². The Balaban J connectivity index is 2.86.